The van der Waals surface area contributed by atoms with E-state index in [1.807, 2.05) is 34.8 Å². The topological polar surface area (TPSA) is 66.3 Å². The summed E-state index contributed by atoms with van der Waals surface area (Å²) in [7, 11) is 0. The first kappa shape index (κ1) is 55.8. The molecule has 13 rings (SSSR count). The quantitative estimate of drug-likeness (QED) is 0.0867. The molecule has 5 nitrogen and oxygen atoms in total. The minimum Gasteiger partial charge on any atom is -0.478 e. The second-order valence-corrected chi connectivity index (χ2v) is 27.1. The van der Waals surface area contributed by atoms with E-state index in [0.717, 1.165) is 93.8 Å². The molecule has 0 spiro atoms. The van der Waals surface area contributed by atoms with Crippen LogP contribution in [0, 0.1) is 51.4 Å². The highest BCUT2D eigenvalue weighted by Gasteiger charge is 2.48. The number of aromatic nitrogens is 2. The standard InChI is InChI=1S/C76H73N3O2S3/c1-9-13-15-49(11-3)43-76(44-50(12-4)16-14-10-2)73-66(41-61(82-73)28-19-51-17-20-53(21-18-51)75(80)81)67-42-68(83-74(67)76)65-32-31-64(71-72(65)78-84-77-71)52-22-24-58(25-23-52)79(59-26-29-62-54(39-59)37-56-35-45(5)33-47(7)69(56)62)60-27-30-63-55(40-60)38-57-36-46(6)34-48(8)70(57)63/h17-18,20-27,29-36,39-42,49-50H,9-16,37-38,43-44H2,1-8H3,(H,80,81). The minimum absolute atomic E-state index is 0.120. The van der Waals surface area contributed by atoms with Gasteiger partial charge in [0.15, 0.2) is 0 Å². The summed E-state index contributed by atoms with van der Waals surface area (Å²) in [5.41, 5.74) is 28.8. The molecule has 2 atom stereocenters. The molecular formula is C76H73N3O2S3. The second kappa shape index (κ2) is 22.9. The molecule has 0 saturated carbocycles. The van der Waals surface area contributed by atoms with Gasteiger partial charge in [-0.1, -0.05) is 163 Å². The highest BCUT2D eigenvalue weighted by molar-refractivity contribution is 7.17. The highest BCUT2D eigenvalue weighted by atomic mass is 32.1. The van der Waals surface area contributed by atoms with E-state index in [9.17, 15) is 9.90 Å². The van der Waals surface area contributed by atoms with Crippen LogP contribution in [0.2, 0.25) is 0 Å². The van der Waals surface area contributed by atoms with E-state index in [1.165, 1.54) is 143 Å². The molecule has 0 bridgehead atoms. The Balaban J connectivity index is 0.879. The van der Waals surface area contributed by atoms with E-state index in [1.54, 1.807) is 12.1 Å². The summed E-state index contributed by atoms with van der Waals surface area (Å²) in [5, 5.41) is 9.55. The van der Waals surface area contributed by atoms with Gasteiger partial charge in [0, 0.05) is 53.8 Å². The van der Waals surface area contributed by atoms with Gasteiger partial charge in [0.05, 0.1) is 22.2 Å². The molecule has 3 aliphatic rings. The fraction of sp³-hybridized carbons (Fsp3) is 0.303. The number of hydrogen-bond donors (Lipinski definition) is 1. The number of fused-ring (bicyclic) bond motifs is 10. The fourth-order valence-corrected chi connectivity index (χ4v) is 18.0. The Morgan fingerprint density at radius 2 is 1.08 bits per heavy atom. The molecule has 0 aliphatic heterocycles. The Morgan fingerprint density at radius 1 is 0.560 bits per heavy atom. The Bertz CT molecular complexity index is 4130. The smallest absolute Gasteiger partial charge is 0.335 e. The van der Waals surface area contributed by atoms with Crippen molar-refractivity contribution in [3.05, 3.63) is 204 Å². The zero-order chi connectivity index (χ0) is 58.0. The van der Waals surface area contributed by atoms with Crippen molar-refractivity contribution >= 4 is 68.5 Å². The lowest BCUT2D eigenvalue weighted by Gasteiger charge is -2.37. The number of thiophene rings is 2. The zero-order valence-corrected chi connectivity index (χ0v) is 52.2. The van der Waals surface area contributed by atoms with Crippen LogP contribution in [0.5, 0.6) is 0 Å². The van der Waals surface area contributed by atoms with Crippen molar-refractivity contribution in [3.63, 3.8) is 0 Å². The van der Waals surface area contributed by atoms with Crippen LogP contribution in [0.4, 0.5) is 17.1 Å². The summed E-state index contributed by atoms with van der Waals surface area (Å²) in [6.07, 6.45) is 13.9. The molecule has 1 N–H and O–H groups in total. The van der Waals surface area contributed by atoms with E-state index in [2.05, 4.69) is 181 Å². The zero-order valence-electron chi connectivity index (χ0n) is 49.8. The van der Waals surface area contributed by atoms with Crippen LogP contribution < -0.4 is 4.90 Å². The number of carbonyl (C=O) groups is 1. The van der Waals surface area contributed by atoms with E-state index < -0.39 is 5.97 Å². The largest absolute Gasteiger partial charge is 0.478 e. The van der Waals surface area contributed by atoms with Crippen molar-refractivity contribution in [3.8, 4) is 66.8 Å². The van der Waals surface area contributed by atoms with Crippen molar-refractivity contribution in [2.24, 2.45) is 11.8 Å². The summed E-state index contributed by atoms with van der Waals surface area (Å²) in [6.45, 7) is 18.4. The number of carboxylic acids is 1. The van der Waals surface area contributed by atoms with Gasteiger partial charge in [-0.25, -0.2) is 4.79 Å². The molecular weight excluding hydrogens is 1080 g/mol. The normalized spacial score (nSPS) is 15.0. The number of aromatic carboxylic acids is 1. The Hall–Kier alpha value is -7.41. The van der Waals surface area contributed by atoms with E-state index in [0.29, 0.717) is 11.8 Å². The second-order valence-electron chi connectivity index (χ2n) is 24.4. The number of anilines is 3. The van der Waals surface area contributed by atoms with Gasteiger partial charge in [-0.2, -0.15) is 8.75 Å². The van der Waals surface area contributed by atoms with E-state index in [4.69, 9.17) is 8.75 Å². The number of carboxylic acid groups (broad SMARTS) is 1. The number of benzene rings is 7. The van der Waals surface area contributed by atoms with Crippen LogP contribution in [-0.4, -0.2) is 19.8 Å². The predicted molar refractivity (Wildman–Crippen MR) is 356 cm³/mol. The van der Waals surface area contributed by atoms with Crippen LogP contribution in [0.3, 0.4) is 0 Å². The van der Waals surface area contributed by atoms with Gasteiger partial charge in [-0.3, -0.25) is 0 Å². The number of hydrogen-bond acceptors (Lipinski definition) is 7. The maximum Gasteiger partial charge on any atom is 0.335 e. The van der Waals surface area contributed by atoms with Crippen molar-refractivity contribution in [2.75, 3.05) is 4.90 Å². The van der Waals surface area contributed by atoms with Crippen molar-refractivity contribution < 1.29 is 9.90 Å². The lowest BCUT2D eigenvalue weighted by molar-refractivity contribution is 0.0697. The van der Waals surface area contributed by atoms with Crippen molar-refractivity contribution in [2.45, 2.75) is 138 Å². The molecule has 0 amide bonds. The van der Waals surface area contributed by atoms with Gasteiger partial charge in [0.25, 0.3) is 0 Å². The van der Waals surface area contributed by atoms with Crippen LogP contribution in [0.15, 0.2) is 133 Å². The van der Waals surface area contributed by atoms with Gasteiger partial charge >= 0.3 is 5.97 Å². The maximum absolute atomic E-state index is 11.6. The predicted octanol–water partition coefficient (Wildman–Crippen LogP) is 21.6. The maximum atomic E-state index is 11.6. The number of unbranched alkanes of at least 4 members (excludes halogenated alkanes) is 2. The summed E-state index contributed by atoms with van der Waals surface area (Å²) in [5.74, 6) is 7.24. The highest BCUT2D eigenvalue weighted by Crippen LogP contribution is 2.62. The van der Waals surface area contributed by atoms with Gasteiger partial charge in [-0.15, -0.1) is 22.7 Å². The average molecular weight is 1160 g/mol. The third kappa shape index (κ3) is 10.0. The first-order valence-electron chi connectivity index (χ1n) is 30.6. The molecule has 84 heavy (non-hydrogen) atoms. The molecule has 7 aromatic carbocycles. The van der Waals surface area contributed by atoms with Gasteiger partial charge < -0.3 is 10.0 Å². The first-order valence-corrected chi connectivity index (χ1v) is 33.0. The summed E-state index contributed by atoms with van der Waals surface area (Å²) < 4.78 is 10.2. The van der Waals surface area contributed by atoms with Crippen LogP contribution in [-0.2, 0) is 18.3 Å². The van der Waals surface area contributed by atoms with Gasteiger partial charge in [-0.05, 0) is 210 Å². The van der Waals surface area contributed by atoms with Crippen molar-refractivity contribution in [1.29, 1.82) is 0 Å². The molecule has 422 valence electrons. The summed E-state index contributed by atoms with van der Waals surface area (Å²) >= 11 is 5.20. The van der Waals surface area contributed by atoms with Crippen LogP contribution >= 0.6 is 34.4 Å². The third-order valence-corrected chi connectivity index (χ3v) is 21.8. The molecule has 3 aromatic heterocycles. The average Bonchev–Trinajstić information content (AvgIpc) is 2.21. The molecule has 8 heteroatoms. The molecule has 3 heterocycles. The lowest BCUT2D eigenvalue weighted by Crippen LogP contribution is -2.30. The van der Waals surface area contributed by atoms with Crippen LogP contribution in [0.1, 0.15) is 167 Å². The lowest BCUT2D eigenvalue weighted by atomic mass is 9.70. The van der Waals surface area contributed by atoms with Gasteiger partial charge in [0.2, 0.25) is 0 Å². The first-order chi connectivity index (χ1) is 40.8. The van der Waals surface area contributed by atoms with Crippen molar-refractivity contribution in [1.82, 2.24) is 8.75 Å². The van der Waals surface area contributed by atoms with E-state index >= 15 is 0 Å². The molecule has 2 unspecified atom stereocenters. The van der Waals surface area contributed by atoms with E-state index in [-0.39, 0.29) is 11.0 Å². The third-order valence-electron chi connectivity index (χ3n) is 18.7. The Kier molecular flexibility index (Phi) is 15.2. The number of aryl methyl sites for hydroxylation is 4. The molecule has 3 aliphatic carbocycles. The van der Waals surface area contributed by atoms with Gasteiger partial charge in [0.1, 0.15) is 11.0 Å². The monoisotopic (exact) mass is 1160 g/mol. The summed E-state index contributed by atoms with van der Waals surface area (Å²) in [6, 6.07) is 49.1. The Morgan fingerprint density at radius 3 is 1.64 bits per heavy atom. The van der Waals surface area contributed by atoms with Crippen LogP contribution in [0.25, 0.3) is 66.0 Å². The Labute approximate surface area is 508 Å². The number of rotatable bonds is 18. The minimum atomic E-state index is -0.928. The molecule has 0 fully saturated rings. The summed E-state index contributed by atoms with van der Waals surface area (Å²) in [4.78, 5) is 19.4. The molecule has 0 radical (unpaired) electrons. The molecule has 0 saturated heterocycles. The SMILES string of the molecule is CCCCC(CC)CC1(CC(CC)CCCC)c2sc(C#Cc3ccc(C(=O)O)cc3)cc2-c2cc(-c3ccc(-c4ccc(N(c5ccc6c(c5)Cc5cc(C)cc(C)c5-6)c5ccc6c(c5)Cc5cc(C)cc(C)c5-6)cc4)c4nsnc34)sc21. The molecule has 10 aromatic rings. The number of nitrogens with zero attached hydrogens (tertiary/aromatic N) is 3. The fourth-order valence-electron chi connectivity index (χ4n) is 14.7.